The Morgan fingerprint density at radius 3 is 2.69 bits per heavy atom. The molecule has 0 aliphatic carbocycles. The van der Waals surface area contributed by atoms with Crippen molar-refractivity contribution in [1.29, 1.82) is 0 Å². The van der Waals surface area contributed by atoms with E-state index >= 15 is 0 Å². The average Bonchev–Trinajstić information content (AvgIpc) is 2.83. The molecule has 3 aromatic rings. The normalized spacial score (nSPS) is 14.9. The van der Waals surface area contributed by atoms with E-state index in [4.69, 9.17) is 4.74 Å². The lowest BCUT2D eigenvalue weighted by molar-refractivity contribution is -0.113. The molecule has 1 aliphatic heterocycles. The number of thioether (sulfide) groups is 1. The predicted molar refractivity (Wildman–Crippen MR) is 124 cm³/mol. The van der Waals surface area contributed by atoms with Gasteiger partial charge in [0.05, 0.1) is 18.4 Å². The second kappa shape index (κ2) is 9.85. The molecule has 0 unspecified atom stereocenters. The maximum Gasteiger partial charge on any atom is 0.246 e. The number of nitrogens with zero attached hydrogens (tertiary/aromatic N) is 3. The zero-order valence-electron chi connectivity index (χ0n) is 17.7. The molecule has 0 atom stereocenters. The summed E-state index contributed by atoms with van der Waals surface area (Å²) < 4.78 is 33.1. The molecular weight excluding hydrogens is 448 g/mol. The first-order valence-electron chi connectivity index (χ1n) is 10.3. The molecule has 1 saturated heterocycles. The van der Waals surface area contributed by atoms with Crippen molar-refractivity contribution in [3.8, 4) is 5.75 Å². The largest absolute Gasteiger partial charge is 0.495 e. The van der Waals surface area contributed by atoms with Crippen LogP contribution in [-0.4, -0.2) is 54.6 Å². The summed E-state index contributed by atoms with van der Waals surface area (Å²) in [7, 11) is -2.27. The zero-order chi connectivity index (χ0) is 22.6. The number of hydrogen-bond acceptors (Lipinski definition) is 7. The average molecular weight is 473 g/mol. The van der Waals surface area contributed by atoms with Gasteiger partial charge >= 0.3 is 0 Å². The molecule has 168 valence electrons. The number of anilines is 1. The van der Waals surface area contributed by atoms with E-state index in [0.717, 1.165) is 30.2 Å². The number of aromatic nitrogens is 2. The van der Waals surface area contributed by atoms with Crippen LogP contribution >= 0.6 is 11.8 Å². The van der Waals surface area contributed by atoms with E-state index < -0.39 is 10.0 Å². The number of fused-ring (bicyclic) bond motifs is 1. The zero-order valence-corrected chi connectivity index (χ0v) is 19.3. The van der Waals surface area contributed by atoms with Gasteiger partial charge in [-0.2, -0.15) is 4.31 Å². The number of methoxy groups -OCH3 is 1. The van der Waals surface area contributed by atoms with Crippen molar-refractivity contribution >= 4 is 44.3 Å². The van der Waals surface area contributed by atoms with E-state index in [1.54, 1.807) is 12.1 Å². The minimum atomic E-state index is -3.71. The molecule has 10 heteroatoms. The summed E-state index contributed by atoms with van der Waals surface area (Å²) in [5.41, 5.74) is 1.22. The standard InChI is InChI=1S/C22H24N4O4S2/c1-30-19-10-9-16(13-20(19)32(28,29)26-11-5-2-6-12-26)25-21(27)14-31-22-17-7-3-4-8-18(17)23-15-24-22/h3-4,7-10,13,15H,2,5-6,11-12,14H2,1H3,(H,25,27). The number of amides is 1. The van der Waals surface area contributed by atoms with Gasteiger partial charge in [0.1, 0.15) is 22.0 Å². The molecule has 1 N–H and O–H groups in total. The van der Waals surface area contributed by atoms with E-state index in [-0.39, 0.29) is 22.3 Å². The second-order valence-electron chi connectivity index (χ2n) is 7.36. The first-order valence-corrected chi connectivity index (χ1v) is 12.7. The van der Waals surface area contributed by atoms with Gasteiger partial charge in [-0.3, -0.25) is 4.79 Å². The molecule has 0 spiro atoms. The Morgan fingerprint density at radius 1 is 1.12 bits per heavy atom. The fraction of sp³-hybridized carbons (Fsp3) is 0.318. The van der Waals surface area contributed by atoms with Gasteiger partial charge in [-0.25, -0.2) is 18.4 Å². The summed E-state index contributed by atoms with van der Waals surface area (Å²) in [6.07, 6.45) is 4.18. The van der Waals surface area contributed by atoms with Gasteiger partial charge in [-0.05, 0) is 37.1 Å². The van der Waals surface area contributed by atoms with Crippen molar-refractivity contribution in [2.24, 2.45) is 0 Å². The third-order valence-corrected chi connectivity index (χ3v) is 8.15. The Morgan fingerprint density at radius 2 is 1.91 bits per heavy atom. The van der Waals surface area contributed by atoms with Gasteiger partial charge in [0.2, 0.25) is 15.9 Å². The fourth-order valence-corrected chi connectivity index (χ4v) is 6.11. The van der Waals surface area contributed by atoms with E-state index in [2.05, 4.69) is 15.3 Å². The van der Waals surface area contributed by atoms with Crippen LogP contribution < -0.4 is 10.1 Å². The smallest absolute Gasteiger partial charge is 0.246 e. The molecule has 4 rings (SSSR count). The monoisotopic (exact) mass is 472 g/mol. The molecule has 0 saturated carbocycles. The fourth-order valence-electron chi connectivity index (χ4n) is 3.63. The number of sulfonamides is 1. The lowest BCUT2D eigenvalue weighted by Gasteiger charge is -2.26. The van der Waals surface area contributed by atoms with Crippen LogP contribution in [0.3, 0.4) is 0 Å². The lowest BCUT2D eigenvalue weighted by Crippen LogP contribution is -2.35. The molecule has 1 aromatic heterocycles. The number of hydrogen-bond donors (Lipinski definition) is 1. The Hall–Kier alpha value is -2.69. The molecule has 2 aromatic carbocycles. The molecule has 1 fully saturated rings. The molecule has 1 amide bonds. The summed E-state index contributed by atoms with van der Waals surface area (Å²) in [5, 5.41) is 4.38. The lowest BCUT2D eigenvalue weighted by atomic mass is 10.2. The van der Waals surface area contributed by atoms with E-state index in [0.29, 0.717) is 23.8 Å². The number of benzene rings is 2. The molecule has 1 aliphatic rings. The quantitative estimate of drug-likeness (QED) is 0.414. The van der Waals surface area contributed by atoms with E-state index in [1.807, 2.05) is 24.3 Å². The highest BCUT2D eigenvalue weighted by Gasteiger charge is 2.29. The number of ether oxygens (including phenoxy) is 1. The second-order valence-corrected chi connectivity index (χ2v) is 10.2. The van der Waals surface area contributed by atoms with Crippen molar-refractivity contribution in [3.63, 3.8) is 0 Å². The predicted octanol–water partition coefficient (Wildman–Crippen LogP) is 3.54. The van der Waals surface area contributed by atoms with Crippen LogP contribution in [0.25, 0.3) is 10.9 Å². The molecule has 8 nitrogen and oxygen atoms in total. The van der Waals surface area contributed by atoms with Crippen molar-refractivity contribution in [2.45, 2.75) is 29.2 Å². The van der Waals surface area contributed by atoms with Crippen LogP contribution in [0, 0.1) is 0 Å². The summed E-state index contributed by atoms with van der Waals surface area (Å²) in [6, 6.07) is 12.3. The highest BCUT2D eigenvalue weighted by molar-refractivity contribution is 8.00. The summed E-state index contributed by atoms with van der Waals surface area (Å²) in [4.78, 5) is 21.1. The van der Waals surface area contributed by atoms with Crippen LogP contribution in [0.2, 0.25) is 0 Å². The number of carbonyl (C=O) groups excluding carboxylic acids is 1. The minimum Gasteiger partial charge on any atom is -0.495 e. The Kier molecular flexibility index (Phi) is 6.92. The first-order chi connectivity index (χ1) is 15.5. The van der Waals surface area contributed by atoms with Gasteiger partial charge in [-0.1, -0.05) is 36.4 Å². The van der Waals surface area contributed by atoms with E-state index in [1.165, 1.54) is 35.6 Å². The number of carbonyl (C=O) groups is 1. The van der Waals surface area contributed by atoms with Crippen LogP contribution in [0.15, 0.2) is 58.7 Å². The number of rotatable bonds is 7. The van der Waals surface area contributed by atoms with Crippen molar-refractivity contribution in [2.75, 3.05) is 31.3 Å². The maximum atomic E-state index is 13.2. The van der Waals surface area contributed by atoms with Gasteiger partial charge < -0.3 is 10.1 Å². The van der Waals surface area contributed by atoms with Crippen molar-refractivity contribution in [1.82, 2.24) is 14.3 Å². The highest BCUT2D eigenvalue weighted by atomic mass is 32.2. The van der Waals surface area contributed by atoms with Gasteiger partial charge in [0.15, 0.2) is 0 Å². The minimum absolute atomic E-state index is 0.0640. The van der Waals surface area contributed by atoms with Gasteiger partial charge in [0, 0.05) is 24.2 Å². The first kappa shape index (κ1) is 22.5. The van der Waals surface area contributed by atoms with Crippen LogP contribution in [0.1, 0.15) is 19.3 Å². The summed E-state index contributed by atoms with van der Waals surface area (Å²) >= 11 is 1.30. The topological polar surface area (TPSA) is 101 Å². The summed E-state index contributed by atoms with van der Waals surface area (Å²) in [6.45, 7) is 0.983. The molecule has 0 radical (unpaired) electrons. The molecule has 2 heterocycles. The number of nitrogens with one attached hydrogen (secondary N) is 1. The molecule has 0 bridgehead atoms. The van der Waals surface area contributed by atoms with Crippen LogP contribution in [0.5, 0.6) is 5.75 Å². The highest BCUT2D eigenvalue weighted by Crippen LogP contribution is 2.31. The van der Waals surface area contributed by atoms with E-state index in [9.17, 15) is 13.2 Å². The van der Waals surface area contributed by atoms with Crippen molar-refractivity contribution < 1.29 is 17.9 Å². The third-order valence-electron chi connectivity index (χ3n) is 5.23. The third kappa shape index (κ3) is 4.87. The molecule has 32 heavy (non-hydrogen) atoms. The van der Waals surface area contributed by atoms with Crippen LogP contribution in [-0.2, 0) is 14.8 Å². The number of para-hydroxylation sites is 1. The SMILES string of the molecule is COc1ccc(NC(=O)CSc2ncnc3ccccc23)cc1S(=O)(=O)N1CCCCC1. The van der Waals surface area contributed by atoms with Gasteiger partial charge in [-0.15, -0.1) is 0 Å². The Bertz CT molecular complexity index is 1220. The van der Waals surface area contributed by atoms with Gasteiger partial charge in [0.25, 0.3) is 0 Å². The van der Waals surface area contributed by atoms with Crippen molar-refractivity contribution in [3.05, 3.63) is 48.8 Å². The van der Waals surface area contributed by atoms with Crippen LogP contribution in [0.4, 0.5) is 5.69 Å². The number of piperidine rings is 1. The Balaban J connectivity index is 1.49. The summed E-state index contributed by atoms with van der Waals surface area (Å²) in [5.74, 6) is 0.126. The maximum absolute atomic E-state index is 13.2. The Labute approximate surface area is 191 Å². The molecular formula is C22H24N4O4S2.